The third-order valence-corrected chi connectivity index (χ3v) is 1.39. The Morgan fingerprint density at radius 1 is 1.73 bits per heavy atom. The minimum atomic E-state index is -0.988. The molecule has 0 unspecified atom stereocenters. The molecule has 0 radical (unpaired) electrons. The highest BCUT2D eigenvalue weighted by atomic mass is 79.9. The van der Waals surface area contributed by atoms with Crippen LogP contribution in [0, 0.1) is 0 Å². The van der Waals surface area contributed by atoms with Crippen LogP contribution in [0.4, 0.5) is 0 Å². The van der Waals surface area contributed by atoms with Crippen molar-refractivity contribution in [1.29, 1.82) is 0 Å². The van der Waals surface area contributed by atoms with E-state index in [1.54, 1.807) is 6.07 Å². The molecule has 3 nitrogen and oxygen atoms in total. The zero-order chi connectivity index (χ0) is 8.27. The summed E-state index contributed by atoms with van der Waals surface area (Å²) < 4.78 is 5.71. The summed E-state index contributed by atoms with van der Waals surface area (Å²) in [7, 11) is 0. The fraction of sp³-hybridized carbons (Fsp3) is 0. The number of aliphatic carboxylic acids is 1. The van der Waals surface area contributed by atoms with Crippen LogP contribution in [0.2, 0.25) is 0 Å². The third kappa shape index (κ3) is 2.59. The van der Waals surface area contributed by atoms with Crippen LogP contribution < -0.4 is 0 Å². The average Bonchev–Trinajstić information content (AvgIpc) is 2.31. The first kappa shape index (κ1) is 8.07. The Balaban J connectivity index is 2.71. The van der Waals surface area contributed by atoms with Crippen LogP contribution in [0.15, 0.2) is 27.3 Å². The van der Waals surface area contributed by atoms with Gasteiger partial charge in [0.05, 0.1) is 4.47 Å². The molecule has 0 aromatic carbocycles. The number of rotatable bonds is 2. The van der Waals surface area contributed by atoms with E-state index in [-0.39, 0.29) is 0 Å². The molecule has 58 valence electrons. The highest BCUT2D eigenvalue weighted by molar-refractivity contribution is 9.10. The summed E-state index contributed by atoms with van der Waals surface area (Å²) in [4.78, 5) is 10.0. The quantitative estimate of drug-likeness (QED) is 0.772. The number of hydrogen-bond acceptors (Lipinski definition) is 2. The number of halogens is 1. The van der Waals surface area contributed by atoms with Gasteiger partial charge in [-0.1, -0.05) is 0 Å². The first-order valence-corrected chi connectivity index (χ1v) is 3.63. The van der Waals surface area contributed by atoms with E-state index in [1.165, 1.54) is 12.3 Å². The van der Waals surface area contributed by atoms with Crippen molar-refractivity contribution in [1.82, 2.24) is 0 Å². The van der Waals surface area contributed by atoms with Gasteiger partial charge in [-0.3, -0.25) is 0 Å². The normalized spacial score (nSPS) is 10.6. The van der Waals surface area contributed by atoms with Crippen LogP contribution in [0.1, 0.15) is 5.76 Å². The first-order valence-electron chi connectivity index (χ1n) is 2.83. The molecule has 1 rings (SSSR count). The van der Waals surface area contributed by atoms with Crippen molar-refractivity contribution in [2.45, 2.75) is 0 Å². The number of furan rings is 1. The lowest BCUT2D eigenvalue weighted by atomic mass is 10.4. The van der Waals surface area contributed by atoms with E-state index in [0.717, 1.165) is 10.5 Å². The first-order chi connectivity index (χ1) is 5.18. The zero-order valence-corrected chi connectivity index (χ0v) is 7.04. The van der Waals surface area contributed by atoms with Crippen LogP contribution in [0.25, 0.3) is 6.08 Å². The molecule has 11 heavy (non-hydrogen) atoms. The second-order valence-electron chi connectivity index (χ2n) is 1.84. The fourth-order valence-electron chi connectivity index (χ4n) is 0.569. The van der Waals surface area contributed by atoms with Gasteiger partial charge >= 0.3 is 5.97 Å². The highest BCUT2D eigenvalue weighted by Gasteiger charge is 1.94. The smallest absolute Gasteiger partial charge is 0.328 e. The van der Waals surface area contributed by atoms with Gasteiger partial charge in [0.2, 0.25) is 0 Å². The van der Waals surface area contributed by atoms with Gasteiger partial charge in [-0.2, -0.15) is 0 Å². The van der Waals surface area contributed by atoms with Crippen molar-refractivity contribution in [2.24, 2.45) is 0 Å². The monoisotopic (exact) mass is 216 g/mol. The highest BCUT2D eigenvalue weighted by Crippen LogP contribution is 2.14. The van der Waals surface area contributed by atoms with Gasteiger partial charge in [0.15, 0.2) is 0 Å². The molecule has 0 amide bonds. The van der Waals surface area contributed by atoms with Crippen LogP contribution >= 0.6 is 15.9 Å². The Labute approximate surface area is 71.5 Å². The van der Waals surface area contributed by atoms with E-state index in [1.807, 2.05) is 0 Å². The second kappa shape index (κ2) is 3.39. The summed E-state index contributed by atoms with van der Waals surface area (Å²) in [5, 5.41) is 8.24. The van der Waals surface area contributed by atoms with Crippen molar-refractivity contribution in [3.8, 4) is 0 Å². The van der Waals surface area contributed by atoms with E-state index >= 15 is 0 Å². The molecule has 0 saturated carbocycles. The van der Waals surface area contributed by atoms with Crippen LogP contribution in [-0.2, 0) is 4.79 Å². The Morgan fingerprint density at radius 2 is 2.45 bits per heavy atom. The Kier molecular flexibility index (Phi) is 2.48. The summed E-state index contributed by atoms with van der Waals surface area (Å²) in [6.45, 7) is 0. The number of carboxylic acids is 1. The Bertz CT molecular complexity index is 288. The molecule has 0 fully saturated rings. The standard InChI is InChI=1S/C7H5BrO3/c8-5-3-6(11-4-5)1-2-7(9)10/h1-4H,(H,9,10). The average molecular weight is 217 g/mol. The van der Waals surface area contributed by atoms with Gasteiger partial charge in [-0.05, 0) is 28.1 Å². The minimum absolute atomic E-state index is 0.513. The van der Waals surface area contributed by atoms with E-state index in [0.29, 0.717) is 5.76 Å². The summed E-state index contributed by atoms with van der Waals surface area (Å²) in [5.41, 5.74) is 0. The van der Waals surface area contributed by atoms with Crippen LogP contribution in [-0.4, -0.2) is 11.1 Å². The maximum absolute atomic E-state index is 10.0. The van der Waals surface area contributed by atoms with Gasteiger partial charge in [0.1, 0.15) is 12.0 Å². The van der Waals surface area contributed by atoms with Gasteiger partial charge in [-0.15, -0.1) is 0 Å². The van der Waals surface area contributed by atoms with E-state index in [2.05, 4.69) is 15.9 Å². The van der Waals surface area contributed by atoms with Crippen molar-refractivity contribution in [3.63, 3.8) is 0 Å². The van der Waals surface area contributed by atoms with E-state index < -0.39 is 5.97 Å². The predicted octanol–water partition coefficient (Wildman–Crippen LogP) is 2.14. The number of carbonyl (C=O) groups is 1. The summed E-state index contributed by atoms with van der Waals surface area (Å²) in [6, 6.07) is 1.68. The topological polar surface area (TPSA) is 50.4 Å². The molecule has 0 aliphatic heterocycles. The molecule has 1 aromatic rings. The van der Waals surface area contributed by atoms with Crippen molar-refractivity contribution in [2.75, 3.05) is 0 Å². The molecule has 0 aliphatic rings. The second-order valence-corrected chi connectivity index (χ2v) is 2.75. The lowest BCUT2D eigenvalue weighted by Crippen LogP contribution is -1.84. The van der Waals surface area contributed by atoms with Crippen molar-refractivity contribution in [3.05, 3.63) is 28.6 Å². The molecule has 0 bridgehead atoms. The lowest BCUT2D eigenvalue weighted by molar-refractivity contribution is -0.131. The number of hydrogen-bond donors (Lipinski definition) is 1. The fourth-order valence-corrected chi connectivity index (χ4v) is 0.888. The Morgan fingerprint density at radius 3 is 2.91 bits per heavy atom. The predicted molar refractivity (Wildman–Crippen MR) is 43.1 cm³/mol. The molecule has 1 N–H and O–H groups in total. The summed E-state index contributed by atoms with van der Waals surface area (Å²) in [5.74, 6) is -0.475. The summed E-state index contributed by atoms with van der Waals surface area (Å²) >= 11 is 3.16. The molecule has 1 heterocycles. The van der Waals surface area contributed by atoms with Gasteiger partial charge in [0, 0.05) is 6.08 Å². The van der Waals surface area contributed by atoms with Crippen LogP contribution in [0.3, 0.4) is 0 Å². The molecular formula is C7H5BrO3. The molecule has 0 spiro atoms. The van der Waals surface area contributed by atoms with Gasteiger partial charge < -0.3 is 9.52 Å². The van der Waals surface area contributed by atoms with Crippen molar-refractivity contribution >= 4 is 28.0 Å². The molecular weight excluding hydrogens is 212 g/mol. The van der Waals surface area contributed by atoms with E-state index in [4.69, 9.17) is 9.52 Å². The molecule has 4 heteroatoms. The SMILES string of the molecule is O=C(O)C=Cc1cc(Br)co1. The maximum atomic E-state index is 10.0. The third-order valence-electron chi connectivity index (χ3n) is 0.978. The maximum Gasteiger partial charge on any atom is 0.328 e. The Hall–Kier alpha value is -1.03. The van der Waals surface area contributed by atoms with Crippen molar-refractivity contribution < 1.29 is 14.3 Å². The number of carboxylic acid groups (broad SMARTS) is 1. The largest absolute Gasteiger partial charge is 0.478 e. The zero-order valence-electron chi connectivity index (χ0n) is 5.45. The van der Waals surface area contributed by atoms with Gasteiger partial charge in [-0.25, -0.2) is 4.79 Å². The van der Waals surface area contributed by atoms with Crippen LogP contribution in [0.5, 0.6) is 0 Å². The summed E-state index contributed by atoms with van der Waals surface area (Å²) in [6.07, 6.45) is 3.89. The lowest BCUT2D eigenvalue weighted by Gasteiger charge is -1.79. The molecule has 0 saturated heterocycles. The minimum Gasteiger partial charge on any atom is -0.478 e. The molecule has 0 atom stereocenters. The van der Waals surface area contributed by atoms with Gasteiger partial charge in [0.25, 0.3) is 0 Å². The van der Waals surface area contributed by atoms with E-state index in [9.17, 15) is 4.79 Å². The molecule has 1 aromatic heterocycles. The molecule has 0 aliphatic carbocycles.